The SMILES string of the molecule is O=C1CC(=O)N(c2ccc(Cl)cc2)C(=S)N1/N=C/c1cc2ccccc2n2nnnc12. The van der Waals surface area contributed by atoms with E-state index in [2.05, 4.69) is 20.6 Å². The standard InChI is InChI=1S/C20H12ClN7O2S/c21-14-5-7-15(8-6-14)26-17(29)10-18(30)28(20(26)31)22-11-13-9-12-3-1-2-4-16(12)27-19(13)23-24-25-27/h1-9,11H,10H2/b22-11+. The van der Waals surface area contributed by atoms with E-state index < -0.39 is 11.8 Å². The summed E-state index contributed by atoms with van der Waals surface area (Å²) in [6.45, 7) is 0. The third-order valence-electron chi connectivity index (χ3n) is 4.76. The number of hydrogen-bond donors (Lipinski definition) is 0. The van der Waals surface area contributed by atoms with Crippen LogP contribution in [0.4, 0.5) is 5.69 Å². The van der Waals surface area contributed by atoms with Crippen LogP contribution in [-0.2, 0) is 9.59 Å². The number of carbonyl (C=O) groups excluding carboxylic acids is 2. The molecule has 152 valence electrons. The van der Waals surface area contributed by atoms with Gasteiger partial charge in [0.25, 0.3) is 5.91 Å². The summed E-state index contributed by atoms with van der Waals surface area (Å²) in [5.41, 5.74) is 2.41. The fourth-order valence-corrected chi connectivity index (χ4v) is 3.81. The first-order chi connectivity index (χ1) is 15.0. The number of fused-ring (bicyclic) bond motifs is 3. The van der Waals surface area contributed by atoms with E-state index in [0.29, 0.717) is 21.9 Å². The monoisotopic (exact) mass is 449 g/mol. The molecule has 3 heterocycles. The molecular formula is C20H12ClN7O2S. The van der Waals surface area contributed by atoms with Crippen LogP contribution in [0.5, 0.6) is 0 Å². The molecule has 0 aliphatic carbocycles. The average Bonchev–Trinajstić information content (AvgIpc) is 3.25. The zero-order valence-electron chi connectivity index (χ0n) is 15.7. The fraction of sp³-hybridized carbons (Fsp3) is 0.0500. The van der Waals surface area contributed by atoms with Crippen LogP contribution in [0.2, 0.25) is 5.02 Å². The molecular weight excluding hydrogens is 438 g/mol. The Labute approximate surface area is 185 Å². The summed E-state index contributed by atoms with van der Waals surface area (Å²) in [5, 5.41) is 18.5. The lowest BCUT2D eigenvalue weighted by atomic mass is 10.1. The molecule has 1 saturated heterocycles. The minimum absolute atomic E-state index is 0.0452. The Morgan fingerprint density at radius 2 is 1.84 bits per heavy atom. The summed E-state index contributed by atoms with van der Waals surface area (Å²) in [6, 6.07) is 16.1. The Bertz CT molecular complexity index is 1400. The van der Waals surface area contributed by atoms with Crippen molar-refractivity contribution in [2.24, 2.45) is 5.10 Å². The Kier molecular flexibility index (Phi) is 4.64. The van der Waals surface area contributed by atoms with Crippen LogP contribution in [0, 0.1) is 0 Å². The van der Waals surface area contributed by atoms with Crippen molar-refractivity contribution >= 4 is 69.2 Å². The lowest BCUT2D eigenvalue weighted by Gasteiger charge is -2.32. The Hall–Kier alpha value is -3.76. The molecule has 0 unspecified atom stereocenters. The number of amides is 2. The molecule has 0 atom stereocenters. The minimum Gasteiger partial charge on any atom is -0.273 e. The second-order valence-corrected chi connectivity index (χ2v) is 7.49. The van der Waals surface area contributed by atoms with Crippen molar-refractivity contribution < 1.29 is 9.59 Å². The highest BCUT2D eigenvalue weighted by Crippen LogP contribution is 2.24. The van der Waals surface area contributed by atoms with E-state index in [1.165, 1.54) is 11.1 Å². The predicted octanol–water partition coefficient (Wildman–Crippen LogP) is 2.82. The number of rotatable bonds is 3. The van der Waals surface area contributed by atoms with Gasteiger partial charge in [0, 0.05) is 16.0 Å². The molecule has 2 aromatic carbocycles. The number of aromatic nitrogens is 4. The van der Waals surface area contributed by atoms with Gasteiger partial charge in [-0.15, -0.1) is 5.10 Å². The summed E-state index contributed by atoms with van der Waals surface area (Å²) in [4.78, 5) is 26.2. The molecule has 1 fully saturated rings. The lowest BCUT2D eigenvalue weighted by Crippen LogP contribution is -2.53. The van der Waals surface area contributed by atoms with Crippen LogP contribution in [0.25, 0.3) is 16.6 Å². The van der Waals surface area contributed by atoms with Gasteiger partial charge in [-0.05, 0) is 59.0 Å². The number of nitrogens with zero attached hydrogens (tertiary/aromatic N) is 7. The molecule has 0 N–H and O–H groups in total. The van der Waals surface area contributed by atoms with Crippen LogP contribution in [0.15, 0.2) is 59.7 Å². The number of halogens is 1. The van der Waals surface area contributed by atoms with Gasteiger partial charge in [-0.2, -0.15) is 14.6 Å². The maximum Gasteiger partial charge on any atom is 0.258 e. The zero-order valence-corrected chi connectivity index (χ0v) is 17.3. The number of hydrogen-bond acceptors (Lipinski definition) is 7. The van der Waals surface area contributed by atoms with Gasteiger partial charge in [0.1, 0.15) is 6.42 Å². The molecule has 11 heteroatoms. The lowest BCUT2D eigenvalue weighted by molar-refractivity contribution is -0.133. The van der Waals surface area contributed by atoms with Crippen molar-refractivity contribution in [3.8, 4) is 0 Å². The zero-order chi connectivity index (χ0) is 21.5. The summed E-state index contributed by atoms with van der Waals surface area (Å²) >= 11 is 11.3. The van der Waals surface area contributed by atoms with Gasteiger partial charge in [-0.3, -0.25) is 14.5 Å². The van der Waals surface area contributed by atoms with Crippen molar-refractivity contribution in [1.29, 1.82) is 0 Å². The van der Waals surface area contributed by atoms with E-state index in [-0.39, 0.29) is 11.5 Å². The summed E-state index contributed by atoms with van der Waals surface area (Å²) < 4.78 is 1.59. The summed E-state index contributed by atoms with van der Waals surface area (Å²) in [5.74, 6) is -0.952. The Morgan fingerprint density at radius 3 is 2.65 bits per heavy atom. The topological polar surface area (TPSA) is 96.1 Å². The molecule has 1 aliphatic rings. The van der Waals surface area contributed by atoms with Crippen molar-refractivity contribution in [2.45, 2.75) is 6.42 Å². The smallest absolute Gasteiger partial charge is 0.258 e. The van der Waals surface area contributed by atoms with E-state index in [9.17, 15) is 9.59 Å². The van der Waals surface area contributed by atoms with Gasteiger partial charge in [-0.1, -0.05) is 29.8 Å². The minimum atomic E-state index is -0.520. The maximum atomic E-state index is 12.5. The first-order valence-corrected chi connectivity index (χ1v) is 9.91. The number of carbonyl (C=O) groups is 2. The molecule has 5 rings (SSSR count). The van der Waals surface area contributed by atoms with Gasteiger partial charge in [-0.25, -0.2) is 0 Å². The maximum absolute atomic E-state index is 12.5. The summed E-state index contributed by atoms with van der Waals surface area (Å²) in [7, 11) is 0. The first kappa shape index (κ1) is 19.2. The molecule has 2 amide bonds. The van der Waals surface area contributed by atoms with Crippen LogP contribution < -0.4 is 4.90 Å². The largest absolute Gasteiger partial charge is 0.273 e. The van der Waals surface area contributed by atoms with Crippen molar-refractivity contribution in [1.82, 2.24) is 25.0 Å². The molecule has 2 aromatic heterocycles. The highest BCUT2D eigenvalue weighted by Gasteiger charge is 2.36. The van der Waals surface area contributed by atoms with Gasteiger partial charge >= 0.3 is 0 Å². The van der Waals surface area contributed by atoms with Crippen LogP contribution in [0.3, 0.4) is 0 Å². The number of benzene rings is 2. The number of anilines is 1. The molecule has 0 bridgehead atoms. The third kappa shape index (κ3) is 3.31. The van der Waals surface area contributed by atoms with Crippen LogP contribution in [-0.4, -0.2) is 48.2 Å². The van der Waals surface area contributed by atoms with E-state index in [1.807, 2.05) is 30.3 Å². The average molecular weight is 450 g/mol. The van der Waals surface area contributed by atoms with Crippen molar-refractivity contribution in [3.05, 3.63) is 65.2 Å². The Morgan fingerprint density at radius 1 is 1.06 bits per heavy atom. The quantitative estimate of drug-likeness (QED) is 0.271. The molecule has 1 aliphatic heterocycles. The predicted molar refractivity (Wildman–Crippen MR) is 119 cm³/mol. The van der Waals surface area contributed by atoms with Gasteiger partial charge in [0.05, 0.1) is 17.4 Å². The highest BCUT2D eigenvalue weighted by molar-refractivity contribution is 7.80. The third-order valence-corrected chi connectivity index (χ3v) is 5.37. The number of tetrazole rings is 1. The molecule has 0 radical (unpaired) electrons. The number of thiocarbonyl (C=S) groups is 1. The number of hydrazone groups is 1. The molecule has 0 saturated carbocycles. The molecule has 0 spiro atoms. The second-order valence-electron chi connectivity index (χ2n) is 6.69. The van der Waals surface area contributed by atoms with E-state index >= 15 is 0 Å². The van der Waals surface area contributed by atoms with E-state index in [1.54, 1.807) is 28.8 Å². The first-order valence-electron chi connectivity index (χ1n) is 9.12. The van der Waals surface area contributed by atoms with Crippen LogP contribution in [0.1, 0.15) is 12.0 Å². The normalized spacial score (nSPS) is 15.1. The molecule has 9 nitrogen and oxygen atoms in total. The van der Waals surface area contributed by atoms with Gasteiger partial charge in [0.15, 0.2) is 5.65 Å². The molecule has 31 heavy (non-hydrogen) atoms. The fourth-order valence-electron chi connectivity index (χ4n) is 3.33. The number of para-hydroxylation sites is 1. The van der Waals surface area contributed by atoms with E-state index in [0.717, 1.165) is 15.9 Å². The van der Waals surface area contributed by atoms with E-state index in [4.69, 9.17) is 23.8 Å². The van der Waals surface area contributed by atoms with Crippen LogP contribution >= 0.6 is 23.8 Å². The van der Waals surface area contributed by atoms with Gasteiger partial charge < -0.3 is 0 Å². The molecule has 4 aromatic rings. The summed E-state index contributed by atoms with van der Waals surface area (Å²) in [6.07, 6.45) is 1.10. The second kappa shape index (κ2) is 7.49. The van der Waals surface area contributed by atoms with Crippen molar-refractivity contribution in [2.75, 3.05) is 4.90 Å². The highest BCUT2D eigenvalue weighted by atomic mass is 35.5. The van der Waals surface area contributed by atoms with Gasteiger partial charge in [0.2, 0.25) is 11.0 Å². The van der Waals surface area contributed by atoms with Crippen molar-refractivity contribution in [3.63, 3.8) is 0 Å². The Balaban J connectivity index is 1.53. The number of pyridine rings is 1.